The van der Waals surface area contributed by atoms with Crippen LogP contribution in [0, 0.1) is 23.7 Å². The number of carboxylic acids is 1. The molecule has 68 heavy (non-hydrogen) atoms. The first-order chi connectivity index (χ1) is 32.9. The molecule has 2 aromatic carbocycles. The third kappa shape index (κ3) is 23.2. The monoisotopic (exact) mass is 960 g/mol. The first-order valence-electron chi connectivity index (χ1n) is 24.9. The summed E-state index contributed by atoms with van der Waals surface area (Å²) in [5.41, 5.74) is 35.9. The predicted molar refractivity (Wildman–Crippen MR) is 266 cm³/mol. The number of aliphatic carboxylic acids is 1. The smallest absolute Gasteiger partial charge is 0.323 e. The number of hydrogen-bond acceptors (Lipinski definition) is 15. The Balaban J connectivity index is 1.49. The Hall–Kier alpha value is -3.14. The normalized spacial score (nSPS) is 17.1. The highest BCUT2D eigenvalue weighted by Gasteiger charge is 2.44. The van der Waals surface area contributed by atoms with Crippen molar-refractivity contribution in [2.75, 3.05) is 119 Å². The van der Waals surface area contributed by atoms with Crippen molar-refractivity contribution >= 4 is 11.9 Å². The number of piperidine rings is 1. The number of rotatable bonds is 40. The van der Waals surface area contributed by atoms with Crippen molar-refractivity contribution in [3.05, 3.63) is 71.8 Å². The quantitative estimate of drug-likeness (QED) is 0.0474. The Labute approximate surface area is 407 Å². The van der Waals surface area contributed by atoms with Gasteiger partial charge in [0.15, 0.2) is 0 Å². The van der Waals surface area contributed by atoms with E-state index in [0.29, 0.717) is 118 Å². The van der Waals surface area contributed by atoms with Gasteiger partial charge in [-0.2, -0.15) is 0 Å². The number of amides is 1. The standard InChI is InChI=1S/C51H89N7O10/c1-39(2)36-43(47(54)44(37-40-12-6-4-7-13-40)48(55)45(52)38-41-14-8-5-9-15-41)46(53)42(49(59)58-21-17-51(56,18-22-58)50(60)61)16-10-11-19-57-20-23-63-26-27-65-30-31-67-34-35-68-33-32-66-29-28-64-25-24-62-3/h4-9,12-15,39,42-48,57H,10-11,16-38,52-56H2,1-3H3,(H,60,61)/t42-,43+,44-,45-,46?,47?,48?/m1/s1. The van der Waals surface area contributed by atoms with Crippen molar-refractivity contribution in [1.29, 1.82) is 0 Å². The number of nitrogens with zero attached hydrogens (tertiary/aromatic N) is 1. The molecule has 1 saturated heterocycles. The molecule has 17 nitrogen and oxygen atoms in total. The van der Waals surface area contributed by atoms with Crippen LogP contribution in [0.25, 0.3) is 0 Å². The molecule has 3 rings (SSSR count). The number of likely N-dealkylation sites (tertiary alicyclic amines) is 1. The second-order valence-electron chi connectivity index (χ2n) is 18.5. The van der Waals surface area contributed by atoms with Crippen LogP contribution < -0.4 is 34.0 Å². The van der Waals surface area contributed by atoms with Gasteiger partial charge in [-0.15, -0.1) is 0 Å². The Morgan fingerprint density at radius 3 is 1.57 bits per heavy atom. The van der Waals surface area contributed by atoms with E-state index in [2.05, 4.69) is 43.4 Å². The highest BCUT2D eigenvalue weighted by Crippen LogP contribution is 2.33. The van der Waals surface area contributed by atoms with Crippen molar-refractivity contribution in [2.45, 2.75) is 94.9 Å². The van der Waals surface area contributed by atoms with Crippen LogP contribution >= 0.6 is 0 Å². The fraction of sp³-hybridized carbons (Fsp3) is 0.725. The maximum atomic E-state index is 14.6. The molecule has 0 aliphatic carbocycles. The van der Waals surface area contributed by atoms with Gasteiger partial charge in [-0.3, -0.25) is 9.59 Å². The van der Waals surface area contributed by atoms with E-state index in [1.807, 2.05) is 36.4 Å². The van der Waals surface area contributed by atoms with E-state index in [0.717, 1.165) is 30.5 Å². The fourth-order valence-corrected chi connectivity index (χ4v) is 8.77. The van der Waals surface area contributed by atoms with E-state index in [4.69, 9.17) is 61.8 Å². The summed E-state index contributed by atoms with van der Waals surface area (Å²) < 4.78 is 38.1. The van der Waals surface area contributed by atoms with Crippen LogP contribution in [0.1, 0.15) is 63.5 Å². The molecule has 2 aromatic rings. The second-order valence-corrected chi connectivity index (χ2v) is 18.5. The second kappa shape index (κ2) is 35.0. The molecule has 1 fully saturated rings. The van der Waals surface area contributed by atoms with Crippen molar-refractivity contribution in [3.63, 3.8) is 0 Å². The molecule has 1 heterocycles. The minimum Gasteiger partial charge on any atom is -0.480 e. The Kier molecular flexibility index (Phi) is 30.5. The number of unbranched alkanes of at least 4 members (excludes halogenated alkanes) is 1. The van der Waals surface area contributed by atoms with Gasteiger partial charge in [-0.25, -0.2) is 0 Å². The van der Waals surface area contributed by atoms with E-state index < -0.39 is 35.6 Å². The number of hydrogen-bond donors (Lipinski definition) is 7. The molecule has 7 atom stereocenters. The number of carbonyl (C=O) groups excluding carboxylic acids is 1. The van der Waals surface area contributed by atoms with Crippen molar-refractivity contribution in [3.8, 4) is 0 Å². The van der Waals surface area contributed by atoms with Crippen LogP contribution in [-0.2, 0) is 55.6 Å². The van der Waals surface area contributed by atoms with Gasteiger partial charge in [0, 0.05) is 50.9 Å². The highest BCUT2D eigenvalue weighted by atomic mass is 16.6. The number of nitrogens with one attached hydrogen (secondary N) is 1. The predicted octanol–water partition coefficient (Wildman–Crippen LogP) is 2.59. The third-order valence-corrected chi connectivity index (χ3v) is 12.9. The average Bonchev–Trinajstić information content (AvgIpc) is 3.33. The summed E-state index contributed by atoms with van der Waals surface area (Å²) in [6.07, 6.45) is 4.40. The van der Waals surface area contributed by atoms with Gasteiger partial charge in [0.05, 0.1) is 91.8 Å². The average molecular weight is 960 g/mol. The number of methoxy groups -OCH3 is 1. The molecule has 0 bridgehead atoms. The summed E-state index contributed by atoms with van der Waals surface area (Å²) in [4.78, 5) is 28.3. The highest BCUT2D eigenvalue weighted by molar-refractivity contribution is 5.82. The van der Waals surface area contributed by atoms with Gasteiger partial charge < -0.3 is 77.1 Å². The molecular weight excluding hydrogens is 871 g/mol. The molecule has 1 aliphatic heterocycles. The van der Waals surface area contributed by atoms with Crippen molar-refractivity contribution in [1.82, 2.24) is 10.2 Å². The molecule has 1 amide bonds. The van der Waals surface area contributed by atoms with Crippen LogP contribution in [0.2, 0.25) is 0 Å². The van der Waals surface area contributed by atoms with Gasteiger partial charge in [-0.1, -0.05) is 80.9 Å². The molecule has 1 aliphatic rings. The maximum Gasteiger partial charge on any atom is 0.323 e. The minimum atomic E-state index is -1.36. The number of carboxylic acid groups (broad SMARTS) is 1. The van der Waals surface area contributed by atoms with Crippen LogP contribution in [0.5, 0.6) is 0 Å². The largest absolute Gasteiger partial charge is 0.480 e. The van der Waals surface area contributed by atoms with E-state index in [1.54, 1.807) is 12.0 Å². The zero-order chi connectivity index (χ0) is 49.4. The third-order valence-electron chi connectivity index (χ3n) is 12.9. The van der Waals surface area contributed by atoms with Gasteiger partial charge >= 0.3 is 5.97 Å². The lowest BCUT2D eigenvalue weighted by molar-refractivity contribution is -0.149. The Bertz CT molecular complexity index is 1580. The Morgan fingerprint density at radius 2 is 1.10 bits per heavy atom. The lowest BCUT2D eigenvalue weighted by Gasteiger charge is -2.43. The summed E-state index contributed by atoms with van der Waals surface area (Å²) in [5.74, 6) is -1.91. The lowest BCUT2D eigenvalue weighted by Crippen LogP contribution is -2.61. The zero-order valence-electron chi connectivity index (χ0n) is 41.5. The fourth-order valence-electron chi connectivity index (χ4n) is 8.77. The van der Waals surface area contributed by atoms with E-state index >= 15 is 0 Å². The zero-order valence-corrected chi connectivity index (χ0v) is 41.5. The van der Waals surface area contributed by atoms with Gasteiger partial charge in [0.25, 0.3) is 0 Å². The number of benzene rings is 2. The van der Waals surface area contributed by atoms with Gasteiger partial charge in [0.1, 0.15) is 5.54 Å². The minimum absolute atomic E-state index is 0.0755. The van der Waals surface area contributed by atoms with Crippen LogP contribution in [0.4, 0.5) is 0 Å². The van der Waals surface area contributed by atoms with E-state index in [1.165, 1.54) is 0 Å². The molecule has 388 valence electrons. The lowest BCUT2D eigenvalue weighted by atomic mass is 9.70. The van der Waals surface area contributed by atoms with E-state index in [-0.39, 0.29) is 55.6 Å². The van der Waals surface area contributed by atoms with Crippen LogP contribution in [0.3, 0.4) is 0 Å². The Morgan fingerprint density at radius 1 is 0.632 bits per heavy atom. The summed E-state index contributed by atoms with van der Waals surface area (Å²) in [7, 11) is 1.64. The number of carbonyl (C=O) groups is 2. The van der Waals surface area contributed by atoms with Crippen molar-refractivity contribution in [2.24, 2.45) is 52.3 Å². The van der Waals surface area contributed by atoms with Crippen molar-refractivity contribution < 1.29 is 47.9 Å². The summed E-state index contributed by atoms with van der Waals surface area (Å²) >= 11 is 0. The van der Waals surface area contributed by atoms with Crippen LogP contribution in [-0.4, -0.2) is 171 Å². The summed E-state index contributed by atoms with van der Waals surface area (Å²) in [5, 5.41) is 13.2. The molecular formula is C51H89N7O10. The van der Waals surface area contributed by atoms with Gasteiger partial charge in [0.2, 0.25) is 5.91 Å². The van der Waals surface area contributed by atoms with Crippen LogP contribution in [0.15, 0.2) is 60.7 Å². The molecule has 0 aromatic heterocycles. The molecule has 0 saturated carbocycles. The topological polar surface area (TPSA) is 264 Å². The SMILES string of the molecule is COCCOCCOCCOCCOCCOCCOCCNCCCC[C@@H](C(=O)N1CCC(N)(C(=O)O)CC1)C(N)[C@H](CC(C)C)C(N)[C@@H](Cc1ccccc1)C(N)[C@H](N)Cc1ccccc1. The van der Waals surface area contributed by atoms with E-state index in [9.17, 15) is 14.7 Å². The first kappa shape index (κ1) is 59.2. The summed E-state index contributed by atoms with van der Waals surface area (Å²) in [6, 6.07) is 18.4. The molecule has 12 N–H and O–H groups in total. The first-order valence-corrected chi connectivity index (χ1v) is 24.9. The molecule has 3 unspecified atom stereocenters. The number of nitrogens with two attached hydrogens (primary N) is 5. The van der Waals surface area contributed by atoms with Gasteiger partial charge in [-0.05, 0) is 80.4 Å². The molecule has 17 heteroatoms. The summed E-state index contributed by atoms with van der Waals surface area (Å²) in [6.45, 7) is 12.9. The number of ether oxygens (including phenoxy) is 7. The molecule has 0 spiro atoms. The maximum absolute atomic E-state index is 14.6. The molecule has 0 radical (unpaired) electrons.